The second-order valence-electron chi connectivity index (χ2n) is 16.0. The number of aliphatic hydroxyl groups is 1. The molecule has 3 nitrogen and oxygen atoms in total. The van der Waals surface area contributed by atoms with E-state index in [2.05, 4.69) is 55.4 Å². The Morgan fingerprint density at radius 1 is 0.811 bits per heavy atom. The van der Waals surface area contributed by atoms with Gasteiger partial charge in [0.1, 0.15) is 0 Å². The number of carbonyl (C=O) groups is 1. The van der Waals surface area contributed by atoms with Crippen molar-refractivity contribution in [2.45, 2.75) is 130 Å². The molecule has 0 aromatic rings. The van der Waals surface area contributed by atoms with Gasteiger partial charge >= 0.3 is 5.97 Å². The average Bonchev–Trinajstić information content (AvgIpc) is 2.80. The molecule has 0 spiro atoms. The first-order valence-corrected chi connectivity index (χ1v) is 16.1. The molecule has 0 aliphatic heterocycles. The van der Waals surface area contributed by atoms with E-state index < -0.39 is 22.0 Å². The zero-order chi connectivity index (χ0) is 27.4. The van der Waals surface area contributed by atoms with E-state index in [1.54, 1.807) is 0 Å². The van der Waals surface area contributed by atoms with Crippen LogP contribution in [-0.2, 0) is 9.53 Å². The van der Waals surface area contributed by atoms with E-state index in [0.29, 0.717) is 17.8 Å². The van der Waals surface area contributed by atoms with Crippen molar-refractivity contribution >= 4 is 29.2 Å². The molecule has 5 saturated carbocycles. The molecule has 1 unspecified atom stereocenters. The van der Waals surface area contributed by atoms with Gasteiger partial charge in [0.05, 0.1) is 0 Å². The molecule has 0 aromatic carbocycles. The molecule has 5 rings (SSSR count). The lowest BCUT2D eigenvalue weighted by molar-refractivity contribution is -0.291. The van der Waals surface area contributed by atoms with Gasteiger partial charge in [0.2, 0.25) is 0 Å². The van der Waals surface area contributed by atoms with Gasteiger partial charge in [0.15, 0.2) is 5.60 Å². The Labute approximate surface area is 236 Å². The standard InChI is InChI=1S/C32H52Cl2O3/c1-19-11-13-28(5)16-17-29(6)21(24(28)20(19)2)9-10-23-30(29,7)14-12-22-27(3,4)15-18-32(36,31(22,23)8)25(35)37-26(33)34/h19-24,26,36H,9-18H2,1-8H3/t19-,20+,21-,22+,23+,24+,28-,29-,30-,31+,32?/m1/s1. The molecular formula is C32H52Cl2O3. The summed E-state index contributed by atoms with van der Waals surface area (Å²) in [6.07, 6.45) is 11.0. The largest absolute Gasteiger partial charge is 0.429 e. The van der Waals surface area contributed by atoms with E-state index in [1.165, 1.54) is 38.5 Å². The summed E-state index contributed by atoms with van der Waals surface area (Å²) in [6, 6.07) is 0. The molecule has 0 aromatic heterocycles. The van der Waals surface area contributed by atoms with Gasteiger partial charge in [-0.25, -0.2) is 4.79 Å². The van der Waals surface area contributed by atoms with Gasteiger partial charge in [-0.05, 0) is 121 Å². The average molecular weight is 556 g/mol. The van der Waals surface area contributed by atoms with E-state index in [0.717, 1.165) is 37.0 Å². The van der Waals surface area contributed by atoms with Gasteiger partial charge in [0, 0.05) is 5.41 Å². The summed E-state index contributed by atoms with van der Waals surface area (Å²) in [5.41, 5.74) is -1.38. The van der Waals surface area contributed by atoms with Crippen molar-refractivity contribution in [1.29, 1.82) is 0 Å². The third kappa shape index (κ3) is 3.64. The van der Waals surface area contributed by atoms with Gasteiger partial charge in [-0.3, -0.25) is 0 Å². The number of halogens is 2. The van der Waals surface area contributed by atoms with E-state index in [4.69, 9.17) is 27.9 Å². The first kappa shape index (κ1) is 28.5. The molecule has 0 heterocycles. The Bertz CT molecular complexity index is 935. The minimum absolute atomic E-state index is 0.0557. The van der Waals surface area contributed by atoms with Crippen LogP contribution in [0.1, 0.15) is 120 Å². The number of hydrogen-bond donors (Lipinski definition) is 1. The Kier molecular flexibility index (Phi) is 6.75. The zero-order valence-electron chi connectivity index (χ0n) is 24.6. The summed E-state index contributed by atoms with van der Waals surface area (Å²) in [5.74, 6) is 2.89. The van der Waals surface area contributed by atoms with Crippen molar-refractivity contribution in [3.05, 3.63) is 0 Å². The summed E-state index contributed by atoms with van der Waals surface area (Å²) in [4.78, 5) is 13.6. The number of alkyl halides is 2. The molecule has 0 radical (unpaired) electrons. The Morgan fingerprint density at radius 3 is 2.14 bits per heavy atom. The molecule has 1 N–H and O–H groups in total. The van der Waals surface area contributed by atoms with Crippen molar-refractivity contribution in [3.8, 4) is 0 Å². The Morgan fingerprint density at radius 2 is 1.49 bits per heavy atom. The monoisotopic (exact) mass is 554 g/mol. The molecule has 5 aliphatic rings. The fraction of sp³-hybridized carbons (Fsp3) is 0.969. The van der Waals surface area contributed by atoms with E-state index >= 15 is 0 Å². The summed E-state index contributed by atoms with van der Waals surface area (Å²) in [7, 11) is 0. The normalized spacial score (nSPS) is 54.9. The topological polar surface area (TPSA) is 46.5 Å². The van der Waals surface area contributed by atoms with Gasteiger partial charge in [-0.1, -0.05) is 78.6 Å². The molecule has 37 heavy (non-hydrogen) atoms. The second-order valence-corrected chi connectivity index (χ2v) is 17.0. The molecule has 5 heteroatoms. The van der Waals surface area contributed by atoms with Crippen LogP contribution in [0.3, 0.4) is 0 Å². The Hall–Kier alpha value is 0.01000. The highest BCUT2D eigenvalue weighted by molar-refractivity contribution is 6.43. The van der Waals surface area contributed by atoms with Gasteiger partial charge in [-0.15, -0.1) is 0 Å². The Balaban J connectivity index is 1.60. The lowest BCUT2D eigenvalue weighted by Crippen LogP contribution is -2.73. The van der Waals surface area contributed by atoms with Crippen LogP contribution in [0.2, 0.25) is 0 Å². The van der Waals surface area contributed by atoms with Gasteiger partial charge in [0.25, 0.3) is 5.02 Å². The summed E-state index contributed by atoms with van der Waals surface area (Å²) in [5, 5.41) is 11.2. The fourth-order valence-corrected chi connectivity index (χ4v) is 12.3. The van der Waals surface area contributed by atoms with Crippen LogP contribution in [0.5, 0.6) is 0 Å². The quantitative estimate of drug-likeness (QED) is 0.274. The van der Waals surface area contributed by atoms with Crippen LogP contribution in [0.25, 0.3) is 0 Å². The highest BCUT2D eigenvalue weighted by Gasteiger charge is 2.75. The van der Waals surface area contributed by atoms with E-state index in [9.17, 15) is 9.90 Å². The summed E-state index contributed by atoms with van der Waals surface area (Å²) in [6.45, 7) is 19.7. The highest BCUT2D eigenvalue weighted by Crippen LogP contribution is 2.78. The predicted octanol–water partition coefficient (Wildman–Crippen LogP) is 8.78. The lowest BCUT2D eigenvalue weighted by atomic mass is 9.30. The zero-order valence-corrected chi connectivity index (χ0v) is 26.1. The molecule has 0 bridgehead atoms. The first-order chi connectivity index (χ1) is 17.0. The van der Waals surface area contributed by atoms with Crippen LogP contribution in [-0.4, -0.2) is 21.7 Å². The summed E-state index contributed by atoms with van der Waals surface area (Å²) < 4.78 is 5.37. The maximum absolute atomic E-state index is 13.6. The molecule has 0 saturated heterocycles. The minimum Gasteiger partial charge on any atom is -0.429 e. The molecular weight excluding hydrogens is 503 g/mol. The van der Waals surface area contributed by atoms with Crippen LogP contribution in [0, 0.1) is 62.6 Å². The SMILES string of the molecule is C[C@@H]1[C@H]2[C@H]3CC[C@@H]4[C@]5(C)[C@@H](CC[C@@]4(C)[C@]3(C)CC[C@@]2(C)CC[C@H]1C)C(C)(C)CCC5(O)C(=O)OC(Cl)Cl. The van der Waals surface area contributed by atoms with E-state index in [1.807, 2.05) is 0 Å². The van der Waals surface area contributed by atoms with Gasteiger partial charge in [-0.2, -0.15) is 0 Å². The van der Waals surface area contributed by atoms with Crippen LogP contribution in [0.15, 0.2) is 0 Å². The molecule has 212 valence electrons. The van der Waals surface area contributed by atoms with Crippen LogP contribution < -0.4 is 0 Å². The summed E-state index contributed by atoms with van der Waals surface area (Å²) >= 11 is 11.8. The third-order valence-electron chi connectivity index (χ3n) is 14.6. The molecule has 0 amide bonds. The van der Waals surface area contributed by atoms with Crippen LogP contribution in [0.4, 0.5) is 0 Å². The predicted molar refractivity (Wildman–Crippen MR) is 151 cm³/mol. The van der Waals surface area contributed by atoms with Crippen molar-refractivity contribution in [3.63, 3.8) is 0 Å². The maximum Gasteiger partial charge on any atom is 0.341 e. The van der Waals surface area contributed by atoms with Crippen molar-refractivity contribution in [2.24, 2.45) is 62.6 Å². The lowest BCUT2D eigenvalue weighted by Gasteiger charge is -2.75. The van der Waals surface area contributed by atoms with Crippen LogP contribution >= 0.6 is 23.2 Å². The first-order valence-electron chi connectivity index (χ1n) is 15.2. The maximum atomic E-state index is 13.6. The molecule has 11 atom stereocenters. The number of carbonyl (C=O) groups excluding carboxylic acids is 1. The van der Waals surface area contributed by atoms with E-state index in [-0.39, 0.29) is 28.1 Å². The highest BCUT2D eigenvalue weighted by atomic mass is 35.5. The van der Waals surface area contributed by atoms with Crippen molar-refractivity contribution in [1.82, 2.24) is 0 Å². The number of ether oxygens (including phenoxy) is 1. The smallest absolute Gasteiger partial charge is 0.341 e. The minimum atomic E-state index is -1.57. The fourth-order valence-electron chi connectivity index (χ4n) is 12.2. The van der Waals surface area contributed by atoms with Crippen molar-refractivity contribution < 1.29 is 14.6 Å². The molecule has 5 aliphatic carbocycles. The van der Waals surface area contributed by atoms with Gasteiger partial charge < -0.3 is 9.84 Å². The number of esters is 1. The number of rotatable bonds is 2. The second kappa shape index (κ2) is 8.75. The third-order valence-corrected chi connectivity index (χ3v) is 14.8. The van der Waals surface area contributed by atoms with Crippen molar-refractivity contribution in [2.75, 3.05) is 0 Å². The number of hydrogen-bond acceptors (Lipinski definition) is 3. The number of fused-ring (bicyclic) bond motifs is 7. The molecule has 5 fully saturated rings.